The van der Waals surface area contributed by atoms with Crippen molar-refractivity contribution < 1.29 is 13.2 Å². The maximum absolute atomic E-state index is 12.8. The van der Waals surface area contributed by atoms with Gasteiger partial charge in [-0.05, 0) is 37.1 Å². The minimum Gasteiger partial charge on any atom is -0.337 e. The smallest absolute Gasteiger partial charge is 0.272 e. The quantitative estimate of drug-likeness (QED) is 0.686. The van der Waals surface area contributed by atoms with Crippen molar-refractivity contribution in [3.8, 4) is 0 Å². The van der Waals surface area contributed by atoms with Gasteiger partial charge in [0.1, 0.15) is 5.69 Å². The summed E-state index contributed by atoms with van der Waals surface area (Å²) in [6.07, 6.45) is 5.41. The predicted molar refractivity (Wildman–Crippen MR) is 111 cm³/mol. The van der Waals surface area contributed by atoms with Crippen molar-refractivity contribution in [2.24, 2.45) is 0 Å². The van der Waals surface area contributed by atoms with E-state index in [1.165, 1.54) is 24.6 Å². The number of amides is 1. The molecule has 1 aromatic carbocycles. The summed E-state index contributed by atoms with van der Waals surface area (Å²) in [4.78, 5) is 18.9. The molecule has 2 heterocycles. The van der Waals surface area contributed by atoms with Gasteiger partial charge >= 0.3 is 0 Å². The molecule has 1 fully saturated rings. The van der Waals surface area contributed by atoms with Crippen LogP contribution in [0.5, 0.6) is 0 Å². The molecule has 8 heteroatoms. The monoisotopic (exact) mass is 440 g/mol. The number of carbonyl (C=O) groups excluding carboxylic acids is 1. The van der Waals surface area contributed by atoms with Gasteiger partial charge in [-0.2, -0.15) is 0 Å². The lowest BCUT2D eigenvalue weighted by Crippen LogP contribution is -2.34. The van der Waals surface area contributed by atoms with Gasteiger partial charge in [-0.1, -0.05) is 54.6 Å². The Kier molecular flexibility index (Phi) is 6.96. The first-order valence-corrected chi connectivity index (χ1v) is 11.7. The Bertz CT molecular complexity index is 956. The highest BCUT2D eigenvalue weighted by Gasteiger charge is 2.23. The molecule has 0 N–H and O–H groups in total. The maximum Gasteiger partial charge on any atom is 0.272 e. The number of pyridine rings is 1. The zero-order chi connectivity index (χ0) is 20.1. The van der Waals surface area contributed by atoms with E-state index >= 15 is 0 Å². The molecule has 5 nitrogen and oxygen atoms in total. The van der Waals surface area contributed by atoms with Crippen LogP contribution in [0, 0.1) is 0 Å². The number of hydrogen-bond donors (Lipinski definition) is 0. The molecule has 0 radical (unpaired) electrons. The molecule has 1 aliphatic heterocycles. The molecule has 28 heavy (non-hydrogen) atoms. The predicted octanol–water partition coefficient (Wildman–Crippen LogP) is 4.77. The number of aromatic nitrogens is 1. The average molecular weight is 441 g/mol. The Morgan fingerprint density at radius 2 is 1.61 bits per heavy atom. The van der Waals surface area contributed by atoms with Crippen LogP contribution in [0.1, 0.15) is 48.3 Å². The number of likely N-dealkylation sites (tertiary alicyclic amines) is 1. The number of nitrogens with zero attached hydrogens (tertiary/aromatic N) is 2. The standard InChI is InChI=1S/C20H22Cl2N2O3S/c21-16-9-7-11-18(19(16)22)28(26,27)14-15-8-6-10-17(23-15)20(25)24-12-4-2-1-3-5-13-24/h6-11H,1-5,12-14H2. The third-order valence-electron chi connectivity index (χ3n) is 4.76. The van der Waals surface area contributed by atoms with Gasteiger partial charge in [-0.15, -0.1) is 0 Å². The topological polar surface area (TPSA) is 67.3 Å². The molecular formula is C20H22Cl2N2O3S. The molecule has 2 aromatic rings. The zero-order valence-corrected chi connectivity index (χ0v) is 17.7. The number of carbonyl (C=O) groups is 1. The number of hydrogen-bond acceptors (Lipinski definition) is 4. The van der Waals surface area contributed by atoms with Crippen LogP contribution in [0.15, 0.2) is 41.3 Å². The summed E-state index contributed by atoms with van der Waals surface area (Å²) in [5.41, 5.74) is 0.569. The fourth-order valence-corrected chi connectivity index (χ4v) is 5.37. The molecule has 1 saturated heterocycles. The van der Waals surface area contributed by atoms with Crippen LogP contribution in [0.3, 0.4) is 0 Å². The van der Waals surface area contributed by atoms with Crippen LogP contribution in [0.2, 0.25) is 10.0 Å². The van der Waals surface area contributed by atoms with Crippen molar-refractivity contribution in [1.82, 2.24) is 9.88 Å². The Hall–Kier alpha value is -1.63. The number of halogens is 2. The van der Waals surface area contributed by atoms with E-state index in [-0.39, 0.29) is 32.3 Å². The molecule has 1 amide bonds. The van der Waals surface area contributed by atoms with E-state index in [0.29, 0.717) is 18.8 Å². The van der Waals surface area contributed by atoms with Crippen molar-refractivity contribution in [2.45, 2.75) is 42.8 Å². The van der Waals surface area contributed by atoms with Gasteiger partial charge in [0.15, 0.2) is 9.84 Å². The Balaban J connectivity index is 1.81. The second-order valence-corrected chi connectivity index (χ2v) is 9.63. The van der Waals surface area contributed by atoms with Gasteiger partial charge in [-0.25, -0.2) is 13.4 Å². The molecular weight excluding hydrogens is 419 g/mol. The van der Waals surface area contributed by atoms with Gasteiger partial charge in [0, 0.05) is 13.1 Å². The molecule has 150 valence electrons. The van der Waals surface area contributed by atoms with Crippen LogP contribution >= 0.6 is 23.2 Å². The van der Waals surface area contributed by atoms with E-state index in [1.807, 2.05) is 4.90 Å². The minimum absolute atomic E-state index is 0.00275. The summed E-state index contributed by atoms with van der Waals surface area (Å²) in [6.45, 7) is 1.42. The minimum atomic E-state index is -3.75. The maximum atomic E-state index is 12.8. The lowest BCUT2D eigenvalue weighted by atomic mass is 10.1. The van der Waals surface area contributed by atoms with Crippen LogP contribution in [0.25, 0.3) is 0 Å². The number of sulfone groups is 1. The third kappa shape index (κ3) is 5.04. The molecule has 0 unspecified atom stereocenters. The Morgan fingerprint density at radius 1 is 0.964 bits per heavy atom. The molecule has 1 aromatic heterocycles. The summed E-state index contributed by atoms with van der Waals surface area (Å²) in [5, 5.41) is 0.175. The van der Waals surface area contributed by atoms with E-state index in [1.54, 1.807) is 18.2 Å². The third-order valence-corrected chi connectivity index (χ3v) is 7.38. The first-order chi connectivity index (χ1) is 13.4. The van der Waals surface area contributed by atoms with Crippen molar-refractivity contribution in [3.05, 3.63) is 57.8 Å². The second kappa shape index (κ2) is 9.25. The van der Waals surface area contributed by atoms with Crippen LogP contribution in [-0.2, 0) is 15.6 Å². The lowest BCUT2D eigenvalue weighted by Gasteiger charge is -2.24. The van der Waals surface area contributed by atoms with E-state index in [9.17, 15) is 13.2 Å². The highest BCUT2D eigenvalue weighted by atomic mass is 35.5. The molecule has 0 bridgehead atoms. The largest absolute Gasteiger partial charge is 0.337 e. The second-order valence-electron chi connectivity index (χ2n) is 6.89. The van der Waals surface area contributed by atoms with Gasteiger partial charge in [-0.3, -0.25) is 4.79 Å². The van der Waals surface area contributed by atoms with Crippen LogP contribution in [-0.4, -0.2) is 37.3 Å². The highest BCUT2D eigenvalue weighted by molar-refractivity contribution is 7.90. The van der Waals surface area contributed by atoms with E-state index in [0.717, 1.165) is 25.7 Å². The van der Waals surface area contributed by atoms with Crippen molar-refractivity contribution in [3.63, 3.8) is 0 Å². The van der Waals surface area contributed by atoms with E-state index in [4.69, 9.17) is 23.2 Å². The van der Waals surface area contributed by atoms with Crippen molar-refractivity contribution in [1.29, 1.82) is 0 Å². The first-order valence-electron chi connectivity index (χ1n) is 9.30. The van der Waals surface area contributed by atoms with E-state index < -0.39 is 9.84 Å². The number of benzene rings is 1. The molecule has 3 rings (SSSR count). The van der Waals surface area contributed by atoms with E-state index in [2.05, 4.69) is 4.98 Å². The summed E-state index contributed by atoms with van der Waals surface area (Å²) in [6, 6.07) is 9.37. The summed E-state index contributed by atoms with van der Waals surface area (Å²) in [5.74, 6) is -0.504. The number of rotatable bonds is 4. The van der Waals surface area contributed by atoms with Crippen LogP contribution in [0.4, 0.5) is 0 Å². The average Bonchev–Trinajstić information content (AvgIpc) is 2.63. The van der Waals surface area contributed by atoms with Gasteiger partial charge in [0.25, 0.3) is 5.91 Å². The molecule has 0 atom stereocenters. The summed E-state index contributed by atoms with van der Waals surface area (Å²) >= 11 is 12.0. The van der Waals surface area contributed by atoms with Crippen LogP contribution < -0.4 is 0 Å². The fourth-order valence-electron chi connectivity index (χ4n) is 3.29. The zero-order valence-electron chi connectivity index (χ0n) is 15.4. The molecule has 0 aliphatic carbocycles. The first kappa shape index (κ1) is 21.1. The van der Waals surface area contributed by atoms with Gasteiger partial charge < -0.3 is 4.90 Å². The van der Waals surface area contributed by atoms with Crippen molar-refractivity contribution in [2.75, 3.05) is 13.1 Å². The summed E-state index contributed by atoms with van der Waals surface area (Å²) in [7, 11) is -3.75. The fraction of sp³-hybridized carbons (Fsp3) is 0.400. The Labute approximate surface area is 175 Å². The molecule has 0 spiro atoms. The lowest BCUT2D eigenvalue weighted by molar-refractivity contribution is 0.0736. The molecule has 1 aliphatic rings. The molecule has 0 saturated carbocycles. The van der Waals surface area contributed by atoms with Crippen molar-refractivity contribution >= 4 is 38.9 Å². The SMILES string of the molecule is O=C(c1cccc(CS(=O)(=O)c2cccc(Cl)c2Cl)n1)N1CCCCCCC1. The van der Waals surface area contributed by atoms with Gasteiger partial charge in [0.2, 0.25) is 0 Å². The Morgan fingerprint density at radius 3 is 2.32 bits per heavy atom. The summed E-state index contributed by atoms with van der Waals surface area (Å²) < 4.78 is 25.5. The van der Waals surface area contributed by atoms with Gasteiger partial charge in [0.05, 0.1) is 26.4 Å². The highest BCUT2D eigenvalue weighted by Crippen LogP contribution is 2.30. The normalized spacial score (nSPS) is 15.7.